The monoisotopic (exact) mass is 480 g/mol. The maximum Gasteiger partial charge on any atom is 0.260 e. The smallest absolute Gasteiger partial charge is 0.260 e. The molecule has 1 atom stereocenters. The van der Waals surface area contributed by atoms with Gasteiger partial charge >= 0.3 is 0 Å². The molecule has 0 amide bonds. The van der Waals surface area contributed by atoms with Gasteiger partial charge in [0, 0.05) is 47.2 Å². The quantitative estimate of drug-likeness (QED) is 0.408. The van der Waals surface area contributed by atoms with Crippen LogP contribution in [0, 0.1) is 0 Å². The van der Waals surface area contributed by atoms with Crippen molar-refractivity contribution in [2.24, 2.45) is 0 Å². The van der Waals surface area contributed by atoms with Crippen LogP contribution < -0.4 is 10.9 Å². The summed E-state index contributed by atoms with van der Waals surface area (Å²) in [5, 5.41) is 6.77. The van der Waals surface area contributed by atoms with Crippen LogP contribution in [0.1, 0.15) is 17.4 Å². The fourth-order valence-electron chi connectivity index (χ4n) is 4.19. The maximum atomic E-state index is 13.0. The first-order valence-electron chi connectivity index (χ1n) is 11.0. The molecule has 2 aromatic carbocycles. The molecule has 0 spiro atoms. The third kappa shape index (κ3) is 5.03. The fraction of sp³-hybridized carbons (Fsp3) is 0.280. The lowest BCUT2D eigenvalue weighted by atomic mass is 10.1. The van der Waals surface area contributed by atoms with Crippen LogP contribution in [0.25, 0.3) is 21.3 Å². The zero-order valence-electron chi connectivity index (χ0n) is 18.1. The lowest BCUT2D eigenvalue weighted by Crippen LogP contribution is -2.42. The Labute approximate surface area is 201 Å². The summed E-state index contributed by atoms with van der Waals surface area (Å²) in [6.07, 6.45) is 0. The highest BCUT2D eigenvalue weighted by Gasteiger charge is 2.19. The van der Waals surface area contributed by atoms with Gasteiger partial charge in [-0.3, -0.25) is 9.69 Å². The third-order valence-corrected chi connectivity index (χ3v) is 7.12. The van der Waals surface area contributed by atoms with E-state index in [9.17, 15) is 4.79 Å². The van der Waals surface area contributed by atoms with Gasteiger partial charge in [-0.15, -0.1) is 11.3 Å². The van der Waals surface area contributed by atoms with E-state index in [1.807, 2.05) is 35.7 Å². The zero-order valence-corrected chi connectivity index (χ0v) is 19.7. The number of benzene rings is 2. The number of H-pyrrole nitrogens is 1. The molecule has 0 unspecified atom stereocenters. The lowest BCUT2D eigenvalue weighted by molar-refractivity contribution is 0.0333. The van der Waals surface area contributed by atoms with Gasteiger partial charge < -0.3 is 15.0 Å². The van der Waals surface area contributed by atoms with Gasteiger partial charge in [0.2, 0.25) is 0 Å². The topological polar surface area (TPSA) is 70.2 Å². The molecule has 0 bridgehead atoms. The lowest BCUT2D eigenvalue weighted by Gasteiger charge is -2.31. The minimum Gasteiger partial charge on any atom is -0.379 e. The number of aromatic nitrogens is 2. The van der Waals surface area contributed by atoms with Crippen LogP contribution in [0.4, 0.5) is 0 Å². The van der Waals surface area contributed by atoms with E-state index in [0.29, 0.717) is 22.8 Å². The molecule has 5 rings (SSSR count). The van der Waals surface area contributed by atoms with Gasteiger partial charge in [0.1, 0.15) is 10.7 Å². The molecule has 1 aliphatic heterocycles. The fourth-order valence-corrected chi connectivity index (χ4v) is 5.39. The van der Waals surface area contributed by atoms with Gasteiger partial charge in [0.25, 0.3) is 5.56 Å². The van der Waals surface area contributed by atoms with Crippen molar-refractivity contribution in [3.63, 3.8) is 0 Å². The Morgan fingerprint density at radius 3 is 2.64 bits per heavy atom. The molecule has 0 aliphatic carbocycles. The zero-order chi connectivity index (χ0) is 22.6. The molecule has 33 heavy (non-hydrogen) atoms. The predicted octanol–water partition coefficient (Wildman–Crippen LogP) is 4.47. The van der Waals surface area contributed by atoms with Crippen molar-refractivity contribution in [1.29, 1.82) is 0 Å². The molecule has 0 saturated carbocycles. The summed E-state index contributed by atoms with van der Waals surface area (Å²) in [4.78, 5) is 23.9. The highest BCUT2D eigenvalue weighted by molar-refractivity contribution is 7.17. The van der Waals surface area contributed by atoms with Crippen LogP contribution in [-0.4, -0.2) is 47.7 Å². The van der Waals surface area contributed by atoms with E-state index in [-0.39, 0.29) is 11.6 Å². The van der Waals surface area contributed by atoms with Crippen molar-refractivity contribution in [2.75, 3.05) is 32.8 Å². The van der Waals surface area contributed by atoms with Crippen molar-refractivity contribution in [1.82, 2.24) is 20.2 Å². The molecular formula is C25H25ClN4O2S. The van der Waals surface area contributed by atoms with Crippen LogP contribution in [-0.2, 0) is 11.3 Å². The van der Waals surface area contributed by atoms with E-state index >= 15 is 0 Å². The number of nitrogens with one attached hydrogen (secondary N) is 2. The molecule has 2 aromatic heterocycles. The molecule has 3 heterocycles. The molecule has 1 saturated heterocycles. The van der Waals surface area contributed by atoms with Crippen LogP contribution in [0.15, 0.2) is 64.8 Å². The Morgan fingerprint density at radius 2 is 1.85 bits per heavy atom. The van der Waals surface area contributed by atoms with E-state index in [4.69, 9.17) is 21.3 Å². The molecule has 1 aliphatic rings. The Morgan fingerprint density at radius 1 is 1.09 bits per heavy atom. The van der Waals surface area contributed by atoms with E-state index in [1.54, 1.807) is 0 Å². The number of aromatic amines is 1. The molecule has 4 aromatic rings. The summed E-state index contributed by atoms with van der Waals surface area (Å²) in [5.74, 6) is 0.628. The van der Waals surface area contributed by atoms with Crippen molar-refractivity contribution < 1.29 is 4.74 Å². The van der Waals surface area contributed by atoms with Gasteiger partial charge in [0.15, 0.2) is 0 Å². The largest absolute Gasteiger partial charge is 0.379 e. The van der Waals surface area contributed by atoms with Crippen molar-refractivity contribution >= 4 is 33.2 Å². The number of rotatable bonds is 7. The molecule has 1 fully saturated rings. The van der Waals surface area contributed by atoms with E-state index in [1.165, 1.54) is 16.9 Å². The number of ether oxygens (including phenoxy) is 1. The number of nitrogens with zero attached hydrogens (tertiary/aromatic N) is 2. The van der Waals surface area contributed by atoms with Gasteiger partial charge in [-0.1, -0.05) is 60.1 Å². The number of fused-ring (bicyclic) bond motifs is 1. The van der Waals surface area contributed by atoms with Crippen molar-refractivity contribution in [2.45, 2.75) is 12.6 Å². The highest BCUT2D eigenvalue weighted by Crippen LogP contribution is 2.34. The van der Waals surface area contributed by atoms with Gasteiger partial charge in [0.05, 0.1) is 25.1 Å². The predicted molar refractivity (Wildman–Crippen MR) is 134 cm³/mol. The van der Waals surface area contributed by atoms with Crippen LogP contribution >= 0.6 is 22.9 Å². The van der Waals surface area contributed by atoms with E-state index in [2.05, 4.69) is 39.5 Å². The van der Waals surface area contributed by atoms with Gasteiger partial charge in [-0.05, 0) is 11.6 Å². The molecular weight excluding hydrogens is 456 g/mol. The Bertz CT molecular complexity index is 1280. The summed E-state index contributed by atoms with van der Waals surface area (Å²) >= 11 is 7.84. The third-order valence-electron chi connectivity index (χ3n) is 5.92. The Balaban J connectivity index is 1.38. The second-order valence-electron chi connectivity index (χ2n) is 8.08. The standard InChI is InChI=1S/C25H25ClN4O2S/c26-20-9-5-4-8-18(20)19-16-33-25-23(19)24(31)28-22(29-25)14-27-21(17-6-2-1-3-7-17)15-30-10-12-32-13-11-30/h1-9,16,21,27H,10-15H2,(H,28,29,31)/t21-/m0/s1. The van der Waals surface area contributed by atoms with Gasteiger partial charge in [-0.25, -0.2) is 4.98 Å². The molecule has 170 valence electrons. The van der Waals surface area contributed by atoms with E-state index < -0.39 is 0 Å². The number of hydrogen-bond donors (Lipinski definition) is 2. The number of halogens is 1. The number of thiophene rings is 1. The second-order valence-corrected chi connectivity index (χ2v) is 9.34. The maximum absolute atomic E-state index is 13.0. The van der Waals surface area contributed by atoms with Crippen LogP contribution in [0.3, 0.4) is 0 Å². The van der Waals surface area contributed by atoms with Gasteiger partial charge in [-0.2, -0.15) is 0 Å². The van der Waals surface area contributed by atoms with Crippen LogP contribution in [0.2, 0.25) is 5.02 Å². The molecule has 6 nitrogen and oxygen atoms in total. The number of morpholine rings is 1. The molecule has 0 radical (unpaired) electrons. The summed E-state index contributed by atoms with van der Waals surface area (Å²) in [5.41, 5.74) is 2.74. The highest BCUT2D eigenvalue weighted by atomic mass is 35.5. The average molecular weight is 481 g/mol. The normalized spacial score (nSPS) is 15.7. The molecule has 8 heteroatoms. The summed E-state index contributed by atoms with van der Waals surface area (Å²) in [7, 11) is 0. The number of hydrogen-bond acceptors (Lipinski definition) is 6. The van der Waals surface area contributed by atoms with E-state index in [0.717, 1.165) is 48.8 Å². The first-order chi connectivity index (χ1) is 16.2. The Kier molecular flexibility index (Phi) is 6.85. The van der Waals surface area contributed by atoms with Crippen molar-refractivity contribution in [3.8, 4) is 11.1 Å². The summed E-state index contributed by atoms with van der Waals surface area (Å²) in [6, 6.07) is 18.1. The van der Waals surface area contributed by atoms with Crippen LogP contribution in [0.5, 0.6) is 0 Å². The first-order valence-corrected chi connectivity index (χ1v) is 12.3. The molecule has 2 N–H and O–H groups in total. The first kappa shape index (κ1) is 22.3. The summed E-state index contributed by atoms with van der Waals surface area (Å²) in [6.45, 7) is 4.71. The van der Waals surface area contributed by atoms with Crippen molar-refractivity contribution in [3.05, 3.63) is 86.7 Å². The second kappa shape index (κ2) is 10.2. The average Bonchev–Trinajstić information content (AvgIpc) is 3.28. The minimum absolute atomic E-state index is 0.118. The minimum atomic E-state index is -0.141. The summed E-state index contributed by atoms with van der Waals surface area (Å²) < 4.78 is 5.49. The Hall–Kier alpha value is -2.55. The SMILES string of the molecule is O=c1[nH]c(CN[C@@H](CN2CCOCC2)c2ccccc2)nc2scc(-c3ccccc3Cl)c12.